The zero-order valence-electron chi connectivity index (χ0n) is 12.7. The van der Waals surface area contributed by atoms with Gasteiger partial charge in [-0.15, -0.1) is 0 Å². The zero-order chi connectivity index (χ0) is 16.4. The first-order valence-electron chi connectivity index (χ1n) is 7.35. The number of likely N-dealkylation sites (tertiary alicyclic amines) is 1. The number of nitrogens with one attached hydrogen (secondary N) is 1. The smallest absolute Gasteiger partial charge is 0.343 e. The van der Waals surface area contributed by atoms with Gasteiger partial charge in [-0.2, -0.15) is 5.10 Å². The van der Waals surface area contributed by atoms with Gasteiger partial charge in [0.1, 0.15) is 17.6 Å². The summed E-state index contributed by atoms with van der Waals surface area (Å²) in [7, 11) is 1.51. The minimum Gasteiger partial charge on any atom is -0.496 e. The lowest BCUT2D eigenvalue weighted by Gasteiger charge is -2.32. The van der Waals surface area contributed by atoms with Crippen LogP contribution in [-0.4, -0.2) is 45.8 Å². The highest BCUT2D eigenvalue weighted by Gasteiger charge is 2.28. The van der Waals surface area contributed by atoms with Crippen LogP contribution in [0, 0.1) is 0 Å². The Kier molecular flexibility index (Phi) is 4.38. The highest BCUT2D eigenvalue weighted by molar-refractivity contribution is 6.34. The lowest BCUT2D eigenvalue weighted by molar-refractivity contribution is 0.0690. The van der Waals surface area contributed by atoms with Crippen molar-refractivity contribution in [3.8, 4) is 5.75 Å². The minimum absolute atomic E-state index is 0.0541. The molecule has 1 aliphatic rings. The Morgan fingerprint density at radius 2 is 2.13 bits per heavy atom. The Morgan fingerprint density at radius 1 is 1.39 bits per heavy atom. The molecule has 0 atom stereocenters. The van der Waals surface area contributed by atoms with E-state index in [1.54, 1.807) is 27.7 Å². The molecule has 1 amide bonds. The van der Waals surface area contributed by atoms with Crippen LogP contribution in [0.15, 0.2) is 29.3 Å². The lowest BCUT2D eigenvalue weighted by Crippen LogP contribution is -2.40. The molecule has 0 saturated carbocycles. The molecule has 7 nitrogen and oxygen atoms in total. The third kappa shape index (κ3) is 2.96. The average molecular weight is 337 g/mol. The molecule has 23 heavy (non-hydrogen) atoms. The maximum absolute atomic E-state index is 12.7. The van der Waals surface area contributed by atoms with Gasteiger partial charge in [-0.3, -0.25) is 9.36 Å². The molecule has 1 saturated heterocycles. The van der Waals surface area contributed by atoms with E-state index in [2.05, 4.69) is 10.2 Å². The number of methoxy groups -OCH3 is 1. The van der Waals surface area contributed by atoms with E-state index in [9.17, 15) is 9.59 Å². The maximum Gasteiger partial charge on any atom is 0.343 e. The molecule has 8 heteroatoms. The number of halogens is 1. The van der Waals surface area contributed by atoms with Gasteiger partial charge in [0.25, 0.3) is 5.91 Å². The molecule has 1 fully saturated rings. The predicted molar refractivity (Wildman–Crippen MR) is 85.0 cm³/mol. The predicted octanol–water partition coefficient (Wildman–Crippen LogP) is 1.71. The van der Waals surface area contributed by atoms with Crippen molar-refractivity contribution in [3.05, 3.63) is 45.6 Å². The number of piperidine rings is 1. The number of nitrogens with zero attached hydrogens (tertiary/aromatic N) is 3. The number of aromatic amines is 1. The number of hydrogen-bond donors (Lipinski definition) is 1. The van der Waals surface area contributed by atoms with Crippen LogP contribution in [-0.2, 0) is 0 Å². The van der Waals surface area contributed by atoms with Crippen molar-refractivity contribution in [2.45, 2.75) is 18.9 Å². The summed E-state index contributed by atoms with van der Waals surface area (Å²) in [6, 6.07) is 5.19. The molecule has 3 rings (SSSR count). The summed E-state index contributed by atoms with van der Waals surface area (Å²) in [6.07, 6.45) is 2.89. The SMILES string of the molecule is COc1cccc(Cl)c1C(=O)N1CCC(n2cn[nH]c2=O)CC1. The largest absolute Gasteiger partial charge is 0.496 e. The summed E-state index contributed by atoms with van der Waals surface area (Å²) in [5, 5.41) is 6.51. The fourth-order valence-electron chi connectivity index (χ4n) is 2.90. The van der Waals surface area contributed by atoms with Crippen LogP contribution < -0.4 is 10.4 Å². The Labute approximate surface area is 137 Å². The van der Waals surface area contributed by atoms with Crippen molar-refractivity contribution in [2.75, 3.05) is 20.2 Å². The fourth-order valence-corrected chi connectivity index (χ4v) is 3.15. The number of rotatable bonds is 3. The standard InChI is InChI=1S/C15H17ClN4O3/c1-23-12-4-2-3-11(16)13(12)14(21)19-7-5-10(6-8-19)20-9-17-18-15(20)22/h2-4,9-10H,5-8H2,1H3,(H,18,22). The number of benzene rings is 1. The van der Waals surface area contributed by atoms with E-state index < -0.39 is 0 Å². The zero-order valence-corrected chi connectivity index (χ0v) is 13.4. The highest BCUT2D eigenvalue weighted by Crippen LogP contribution is 2.29. The summed E-state index contributed by atoms with van der Waals surface area (Å²) in [6.45, 7) is 1.10. The second kappa shape index (κ2) is 6.45. The topological polar surface area (TPSA) is 80.2 Å². The molecule has 0 aliphatic carbocycles. The normalized spacial score (nSPS) is 15.7. The molecule has 0 unspecified atom stereocenters. The third-order valence-electron chi connectivity index (χ3n) is 4.13. The van der Waals surface area contributed by atoms with Gasteiger partial charge in [0, 0.05) is 19.1 Å². The van der Waals surface area contributed by atoms with Crippen molar-refractivity contribution in [1.29, 1.82) is 0 Å². The van der Waals surface area contributed by atoms with Crippen molar-refractivity contribution < 1.29 is 9.53 Å². The van der Waals surface area contributed by atoms with Crippen LogP contribution in [0.3, 0.4) is 0 Å². The Morgan fingerprint density at radius 3 is 2.74 bits per heavy atom. The van der Waals surface area contributed by atoms with Gasteiger partial charge in [-0.1, -0.05) is 17.7 Å². The molecular weight excluding hydrogens is 320 g/mol. The van der Waals surface area contributed by atoms with E-state index in [0.717, 1.165) is 0 Å². The Balaban J connectivity index is 1.74. The van der Waals surface area contributed by atoms with Crippen molar-refractivity contribution in [1.82, 2.24) is 19.7 Å². The molecule has 122 valence electrons. The number of aromatic nitrogens is 3. The Bertz CT molecular complexity index is 762. The van der Waals surface area contributed by atoms with E-state index in [1.165, 1.54) is 13.4 Å². The van der Waals surface area contributed by atoms with Crippen LogP contribution in [0.4, 0.5) is 0 Å². The van der Waals surface area contributed by atoms with Gasteiger partial charge >= 0.3 is 5.69 Å². The monoisotopic (exact) mass is 336 g/mol. The Hall–Kier alpha value is -2.28. The van der Waals surface area contributed by atoms with E-state index in [0.29, 0.717) is 42.3 Å². The number of amides is 1. The summed E-state index contributed by atoms with van der Waals surface area (Å²) >= 11 is 6.17. The highest BCUT2D eigenvalue weighted by atomic mass is 35.5. The first kappa shape index (κ1) is 15.6. The first-order chi connectivity index (χ1) is 11.1. The number of ether oxygens (including phenoxy) is 1. The van der Waals surface area contributed by atoms with Crippen molar-refractivity contribution in [2.24, 2.45) is 0 Å². The summed E-state index contributed by atoms with van der Waals surface area (Å²) in [5.74, 6) is 0.320. The van der Waals surface area contributed by atoms with Crippen LogP contribution >= 0.6 is 11.6 Å². The van der Waals surface area contributed by atoms with E-state index in [-0.39, 0.29) is 17.6 Å². The third-order valence-corrected chi connectivity index (χ3v) is 4.45. The van der Waals surface area contributed by atoms with Gasteiger partial charge < -0.3 is 9.64 Å². The van der Waals surface area contributed by atoms with E-state index in [1.807, 2.05) is 0 Å². The molecule has 1 aromatic carbocycles. The van der Waals surface area contributed by atoms with E-state index in [4.69, 9.17) is 16.3 Å². The first-order valence-corrected chi connectivity index (χ1v) is 7.73. The molecular formula is C15H17ClN4O3. The minimum atomic E-state index is -0.220. The summed E-state index contributed by atoms with van der Waals surface area (Å²) < 4.78 is 6.83. The maximum atomic E-state index is 12.7. The van der Waals surface area contributed by atoms with Crippen molar-refractivity contribution in [3.63, 3.8) is 0 Å². The quantitative estimate of drug-likeness (QED) is 0.925. The van der Waals surface area contributed by atoms with Gasteiger partial charge in [-0.05, 0) is 25.0 Å². The van der Waals surface area contributed by atoms with Crippen LogP contribution in [0.2, 0.25) is 5.02 Å². The molecule has 0 bridgehead atoms. The molecule has 2 heterocycles. The molecule has 0 spiro atoms. The lowest BCUT2D eigenvalue weighted by atomic mass is 10.0. The second-order valence-corrected chi connectivity index (χ2v) is 5.82. The molecule has 0 radical (unpaired) electrons. The molecule has 2 aromatic rings. The number of H-pyrrole nitrogens is 1. The number of carbonyl (C=O) groups excluding carboxylic acids is 1. The molecule has 1 aliphatic heterocycles. The van der Waals surface area contributed by atoms with Crippen LogP contribution in [0.25, 0.3) is 0 Å². The van der Waals surface area contributed by atoms with Gasteiger partial charge in [0.2, 0.25) is 0 Å². The van der Waals surface area contributed by atoms with Gasteiger partial charge in [0.15, 0.2) is 0 Å². The molecule has 1 N–H and O–H groups in total. The van der Waals surface area contributed by atoms with Gasteiger partial charge in [-0.25, -0.2) is 9.89 Å². The number of carbonyl (C=O) groups is 1. The van der Waals surface area contributed by atoms with Crippen molar-refractivity contribution >= 4 is 17.5 Å². The number of hydrogen-bond acceptors (Lipinski definition) is 4. The average Bonchev–Trinajstić information content (AvgIpc) is 3.00. The second-order valence-electron chi connectivity index (χ2n) is 5.41. The fraction of sp³-hybridized carbons (Fsp3) is 0.400. The molecule has 1 aromatic heterocycles. The van der Waals surface area contributed by atoms with Gasteiger partial charge in [0.05, 0.1) is 12.1 Å². The summed E-state index contributed by atoms with van der Waals surface area (Å²) in [5.41, 5.74) is 0.165. The van der Waals surface area contributed by atoms with E-state index >= 15 is 0 Å². The van der Waals surface area contributed by atoms with Crippen LogP contribution in [0.1, 0.15) is 29.2 Å². The summed E-state index contributed by atoms with van der Waals surface area (Å²) in [4.78, 5) is 26.1. The van der Waals surface area contributed by atoms with Crippen LogP contribution in [0.5, 0.6) is 5.75 Å².